The molecule has 0 aliphatic heterocycles. The summed E-state index contributed by atoms with van der Waals surface area (Å²) in [5.74, 6) is -0.0738. The van der Waals surface area contributed by atoms with Crippen LogP contribution in [0.1, 0.15) is 20.7 Å². The number of rotatable bonds is 4. The number of methoxy groups -OCH3 is 1. The van der Waals surface area contributed by atoms with Crippen molar-refractivity contribution >= 4 is 23.0 Å². The average Bonchev–Trinajstić information content (AvgIpc) is 2.61. The predicted octanol–water partition coefficient (Wildman–Crippen LogP) is 3.88. The van der Waals surface area contributed by atoms with Crippen LogP contribution in [0.2, 0.25) is 0 Å². The number of hydrogen-bond donors (Lipinski definition) is 0. The molecule has 4 nitrogen and oxygen atoms in total. The first-order valence-corrected chi connectivity index (χ1v) is 7.06. The number of hydrogen-bond acceptors (Lipinski definition) is 4. The zero-order chi connectivity index (χ0) is 16.2. The van der Waals surface area contributed by atoms with Crippen LogP contribution in [0, 0.1) is 0 Å². The van der Waals surface area contributed by atoms with Crippen molar-refractivity contribution in [3.8, 4) is 11.5 Å². The van der Waals surface area contributed by atoms with Crippen molar-refractivity contribution in [2.75, 3.05) is 7.11 Å². The molecule has 4 heteroatoms. The maximum absolute atomic E-state index is 12.4. The van der Waals surface area contributed by atoms with E-state index in [2.05, 4.69) is 0 Å². The maximum atomic E-state index is 12.4. The summed E-state index contributed by atoms with van der Waals surface area (Å²) in [5.41, 5.74) is 0.671. The summed E-state index contributed by atoms with van der Waals surface area (Å²) >= 11 is 0. The van der Waals surface area contributed by atoms with E-state index in [0.29, 0.717) is 17.6 Å². The molecule has 0 aromatic heterocycles. The van der Waals surface area contributed by atoms with E-state index in [1.54, 1.807) is 30.3 Å². The number of carbonyl (C=O) groups excluding carboxylic acids is 2. The van der Waals surface area contributed by atoms with Crippen molar-refractivity contribution in [3.05, 3.63) is 71.8 Å². The second-order valence-corrected chi connectivity index (χ2v) is 4.95. The van der Waals surface area contributed by atoms with E-state index in [1.165, 1.54) is 7.11 Å². The molecule has 3 rings (SSSR count). The van der Waals surface area contributed by atoms with Gasteiger partial charge in [0.1, 0.15) is 0 Å². The number of ether oxygens (including phenoxy) is 2. The Kier molecular flexibility index (Phi) is 4.06. The number of carbonyl (C=O) groups is 2. The second kappa shape index (κ2) is 6.32. The minimum atomic E-state index is -0.539. The minimum absolute atomic E-state index is 0.128. The third-order valence-corrected chi connectivity index (χ3v) is 3.54. The fourth-order valence-electron chi connectivity index (χ4n) is 2.36. The van der Waals surface area contributed by atoms with Crippen molar-refractivity contribution in [2.24, 2.45) is 0 Å². The topological polar surface area (TPSA) is 52.6 Å². The average molecular weight is 306 g/mol. The summed E-state index contributed by atoms with van der Waals surface area (Å²) in [5, 5.41) is 1.98. The van der Waals surface area contributed by atoms with Crippen LogP contribution in [0.3, 0.4) is 0 Å². The zero-order valence-corrected chi connectivity index (χ0v) is 12.5. The first-order chi connectivity index (χ1) is 11.2. The van der Waals surface area contributed by atoms with Crippen LogP contribution in [-0.4, -0.2) is 19.4 Å². The Morgan fingerprint density at radius 3 is 2.48 bits per heavy atom. The third-order valence-electron chi connectivity index (χ3n) is 3.54. The van der Waals surface area contributed by atoms with E-state index in [-0.39, 0.29) is 11.3 Å². The minimum Gasteiger partial charge on any atom is -0.493 e. The molecular formula is C19H14O4. The van der Waals surface area contributed by atoms with Gasteiger partial charge in [-0.1, -0.05) is 36.4 Å². The van der Waals surface area contributed by atoms with Gasteiger partial charge in [0.05, 0.1) is 18.2 Å². The molecule has 0 N–H and O–H groups in total. The Bertz CT molecular complexity index is 883. The standard InChI is InChI=1S/C19H14O4/c1-22-17-8-4-7-16(12-20)18(17)23-19(21)15-10-9-13-5-2-3-6-14(13)11-15/h2-12H,1H3. The molecule has 0 saturated carbocycles. The lowest BCUT2D eigenvalue weighted by molar-refractivity contribution is 0.0728. The molecule has 0 unspecified atom stereocenters. The van der Waals surface area contributed by atoms with Gasteiger partial charge in [0.25, 0.3) is 0 Å². The SMILES string of the molecule is COc1cccc(C=O)c1OC(=O)c1ccc2ccccc2c1. The number of aldehydes is 1. The molecule has 0 aliphatic carbocycles. The number of benzene rings is 3. The molecule has 0 bridgehead atoms. The van der Waals surface area contributed by atoms with E-state index in [9.17, 15) is 9.59 Å². The molecule has 0 fully saturated rings. The highest BCUT2D eigenvalue weighted by Crippen LogP contribution is 2.31. The third kappa shape index (κ3) is 2.92. The fraction of sp³-hybridized carbons (Fsp3) is 0.0526. The Balaban J connectivity index is 1.96. The van der Waals surface area contributed by atoms with Gasteiger partial charge in [0.15, 0.2) is 17.8 Å². The van der Waals surface area contributed by atoms with Gasteiger partial charge in [-0.3, -0.25) is 4.79 Å². The van der Waals surface area contributed by atoms with Gasteiger partial charge in [-0.05, 0) is 35.0 Å². The quantitative estimate of drug-likeness (QED) is 0.417. The molecule has 0 atom stereocenters. The molecule has 0 spiro atoms. The van der Waals surface area contributed by atoms with Crippen LogP contribution in [0.25, 0.3) is 10.8 Å². The van der Waals surface area contributed by atoms with Gasteiger partial charge in [-0.25, -0.2) is 4.79 Å². The Labute approximate surface area is 133 Å². The van der Waals surface area contributed by atoms with Gasteiger partial charge in [-0.15, -0.1) is 0 Å². The van der Waals surface area contributed by atoms with Crippen molar-refractivity contribution in [1.82, 2.24) is 0 Å². The normalized spacial score (nSPS) is 10.3. The molecule has 3 aromatic rings. The van der Waals surface area contributed by atoms with Crippen LogP contribution >= 0.6 is 0 Å². The summed E-state index contributed by atoms with van der Waals surface area (Å²) in [4.78, 5) is 23.5. The fourth-order valence-corrected chi connectivity index (χ4v) is 2.36. The molecular weight excluding hydrogens is 292 g/mol. The highest BCUT2D eigenvalue weighted by atomic mass is 16.6. The Morgan fingerprint density at radius 1 is 0.957 bits per heavy atom. The monoisotopic (exact) mass is 306 g/mol. The summed E-state index contributed by atoms with van der Waals surface area (Å²) in [6.45, 7) is 0. The van der Waals surface area contributed by atoms with E-state index < -0.39 is 5.97 Å². The van der Waals surface area contributed by atoms with Crippen LogP contribution in [0.15, 0.2) is 60.7 Å². The predicted molar refractivity (Wildman–Crippen MR) is 87.3 cm³/mol. The smallest absolute Gasteiger partial charge is 0.343 e. The van der Waals surface area contributed by atoms with Crippen molar-refractivity contribution < 1.29 is 19.1 Å². The van der Waals surface area contributed by atoms with Crippen molar-refractivity contribution in [3.63, 3.8) is 0 Å². The molecule has 0 heterocycles. The molecule has 0 radical (unpaired) electrons. The Hall–Kier alpha value is -3.14. The lowest BCUT2D eigenvalue weighted by Crippen LogP contribution is -2.10. The maximum Gasteiger partial charge on any atom is 0.343 e. The van der Waals surface area contributed by atoms with Gasteiger partial charge >= 0.3 is 5.97 Å². The second-order valence-electron chi connectivity index (χ2n) is 4.95. The van der Waals surface area contributed by atoms with Gasteiger partial charge in [0, 0.05) is 0 Å². The number of para-hydroxylation sites is 1. The van der Waals surface area contributed by atoms with Crippen LogP contribution in [0.5, 0.6) is 11.5 Å². The molecule has 23 heavy (non-hydrogen) atoms. The zero-order valence-electron chi connectivity index (χ0n) is 12.5. The highest BCUT2D eigenvalue weighted by molar-refractivity contribution is 5.97. The lowest BCUT2D eigenvalue weighted by Gasteiger charge is -2.11. The van der Waals surface area contributed by atoms with Crippen molar-refractivity contribution in [1.29, 1.82) is 0 Å². The first-order valence-electron chi connectivity index (χ1n) is 7.06. The van der Waals surface area contributed by atoms with Crippen LogP contribution in [0.4, 0.5) is 0 Å². The van der Waals surface area contributed by atoms with E-state index in [4.69, 9.17) is 9.47 Å². The van der Waals surface area contributed by atoms with Crippen LogP contribution in [-0.2, 0) is 0 Å². The van der Waals surface area contributed by atoms with Crippen molar-refractivity contribution in [2.45, 2.75) is 0 Å². The van der Waals surface area contributed by atoms with Gasteiger partial charge in [-0.2, -0.15) is 0 Å². The number of esters is 1. The molecule has 0 amide bonds. The van der Waals surface area contributed by atoms with E-state index in [1.807, 2.05) is 30.3 Å². The lowest BCUT2D eigenvalue weighted by atomic mass is 10.1. The molecule has 3 aromatic carbocycles. The Morgan fingerprint density at radius 2 is 1.74 bits per heavy atom. The molecule has 114 valence electrons. The summed E-state index contributed by atoms with van der Waals surface area (Å²) < 4.78 is 10.6. The first kappa shape index (κ1) is 14.8. The van der Waals surface area contributed by atoms with E-state index in [0.717, 1.165) is 10.8 Å². The summed E-state index contributed by atoms with van der Waals surface area (Å²) in [7, 11) is 1.46. The number of fused-ring (bicyclic) bond motifs is 1. The van der Waals surface area contributed by atoms with Gasteiger partial charge in [0.2, 0.25) is 0 Å². The highest BCUT2D eigenvalue weighted by Gasteiger charge is 2.16. The molecule has 0 saturated heterocycles. The van der Waals surface area contributed by atoms with E-state index >= 15 is 0 Å². The summed E-state index contributed by atoms with van der Waals surface area (Å²) in [6, 6.07) is 17.9. The van der Waals surface area contributed by atoms with Gasteiger partial charge < -0.3 is 9.47 Å². The van der Waals surface area contributed by atoms with Crippen LogP contribution < -0.4 is 9.47 Å². The molecule has 0 aliphatic rings. The largest absolute Gasteiger partial charge is 0.493 e. The summed E-state index contributed by atoms with van der Waals surface area (Å²) in [6.07, 6.45) is 0.630.